The van der Waals surface area contributed by atoms with Crippen LogP contribution in [0.3, 0.4) is 0 Å². The number of H-pyrrole nitrogens is 1. The summed E-state index contributed by atoms with van der Waals surface area (Å²) >= 11 is 0. The van der Waals surface area contributed by atoms with Crippen molar-refractivity contribution in [3.8, 4) is 0 Å². The van der Waals surface area contributed by atoms with Crippen LogP contribution in [0.15, 0.2) is 79.0 Å². The van der Waals surface area contributed by atoms with Crippen molar-refractivity contribution in [2.24, 2.45) is 5.41 Å². The van der Waals surface area contributed by atoms with E-state index in [0.717, 1.165) is 31.5 Å². The largest absolute Gasteiger partial charge is 0.357 e. The van der Waals surface area contributed by atoms with Crippen molar-refractivity contribution in [2.75, 3.05) is 24.5 Å². The van der Waals surface area contributed by atoms with Crippen LogP contribution in [-0.2, 0) is 6.42 Å². The van der Waals surface area contributed by atoms with E-state index < -0.39 is 0 Å². The highest BCUT2D eigenvalue weighted by Gasteiger charge is 2.49. The van der Waals surface area contributed by atoms with Gasteiger partial charge in [0.2, 0.25) is 0 Å². The number of nitrogens with one attached hydrogen (secondary N) is 1. The number of rotatable bonds is 6. The van der Waals surface area contributed by atoms with Crippen LogP contribution in [0, 0.1) is 5.41 Å². The van der Waals surface area contributed by atoms with Crippen LogP contribution in [0.5, 0.6) is 0 Å². The Morgan fingerprint density at radius 3 is 2.26 bits per heavy atom. The van der Waals surface area contributed by atoms with Gasteiger partial charge in [0.15, 0.2) is 0 Å². The smallest absolute Gasteiger partial charge is 0.274 e. The van der Waals surface area contributed by atoms with Gasteiger partial charge in [-0.25, -0.2) is 0 Å². The van der Waals surface area contributed by atoms with Gasteiger partial charge in [0.1, 0.15) is 5.69 Å². The summed E-state index contributed by atoms with van der Waals surface area (Å²) < 4.78 is 0. The minimum absolute atomic E-state index is 0.0800. The maximum Gasteiger partial charge on any atom is 0.274 e. The molecule has 1 saturated carbocycles. The van der Waals surface area contributed by atoms with Crippen LogP contribution >= 0.6 is 0 Å². The average molecular weight is 414 g/mol. The number of likely N-dealkylation sites (tertiary alicyclic amines) is 1. The van der Waals surface area contributed by atoms with E-state index in [1.807, 2.05) is 41.4 Å². The Kier molecular flexibility index (Phi) is 5.65. The molecular weight excluding hydrogens is 382 g/mol. The number of hydrogen-bond donors (Lipinski definition) is 1. The van der Waals surface area contributed by atoms with Crippen LogP contribution in [0.25, 0.3) is 0 Å². The summed E-state index contributed by atoms with van der Waals surface area (Å²) in [6, 6.07) is 25.0. The Bertz CT molecular complexity index is 968. The lowest BCUT2D eigenvalue weighted by Crippen LogP contribution is -2.56. The fraction of sp³-hybridized carbons (Fsp3) is 0.370. The molecule has 5 rings (SSSR count). The van der Waals surface area contributed by atoms with Gasteiger partial charge in [0, 0.05) is 24.5 Å². The zero-order valence-electron chi connectivity index (χ0n) is 18.0. The predicted octanol–water partition coefficient (Wildman–Crippen LogP) is 5.15. The van der Waals surface area contributed by atoms with Crippen LogP contribution in [-0.4, -0.2) is 41.5 Å². The number of anilines is 1. The molecule has 4 nitrogen and oxygen atoms in total. The molecule has 3 aromatic rings. The number of para-hydroxylation sites is 1. The Morgan fingerprint density at radius 2 is 1.61 bits per heavy atom. The molecule has 160 valence electrons. The second-order valence-electron chi connectivity index (χ2n) is 9.23. The van der Waals surface area contributed by atoms with Crippen molar-refractivity contribution in [1.82, 2.24) is 9.88 Å². The Morgan fingerprint density at radius 1 is 0.935 bits per heavy atom. The number of amides is 1. The predicted molar refractivity (Wildman–Crippen MR) is 125 cm³/mol. The third-order valence-corrected chi connectivity index (χ3v) is 7.26. The van der Waals surface area contributed by atoms with Gasteiger partial charge in [-0.1, -0.05) is 48.5 Å². The summed E-state index contributed by atoms with van der Waals surface area (Å²) in [6.07, 6.45) is 7.67. The van der Waals surface area contributed by atoms with Crippen molar-refractivity contribution in [3.05, 3.63) is 90.3 Å². The van der Waals surface area contributed by atoms with Gasteiger partial charge in [-0.05, 0) is 80.4 Å². The maximum atomic E-state index is 13.3. The first kappa shape index (κ1) is 20.1. The van der Waals surface area contributed by atoms with Gasteiger partial charge in [-0.15, -0.1) is 0 Å². The fourth-order valence-electron chi connectivity index (χ4n) is 5.39. The minimum atomic E-state index is 0.0800. The molecule has 2 fully saturated rings. The first-order valence-electron chi connectivity index (χ1n) is 11.5. The first-order valence-corrected chi connectivity index (χ1v) is 11.5. The molecule has 0 atom stereocenters. The summed E-state index contributed by atoms with van der Waals surface area (Å²) in [6.45, 7) is 3.50. The van der Waals surface area contributed by atoms with E-state index in [2.05, 4.69) is 52.3 Å². The molecule has 1 aromatic heterocycles. The van der Waals surface area contributed by atoms with E-state index in [1.165, 1.54) is 31.5 Å². The van der Waals surface area contributed by atoms with E-state index >= 15 is 0 Å². The topological polar surface area (TPSA) is 39.3 Å². The van der Waals surface area contributed by atoms with Gasteiger partial charge < -0.3 is 14.8 Å². The number of aromatic amines is 1. The second kappa shape index (κ2) is 8.72. The van der Waals surface area contributed by atoms with E-state index in [-0.39, 0.29) is 11.9 Å². The summed E-state index contributed by atoms with van der Waals surface area (Å²) in [4.78, 5) is 21.0. The van der Waals surface area contributed by atoms with Crippen molar-refractivity contribution in [1.29, 1.82) is 0 Å². The lowest BCUT2D eigenvalue weighted by Gasteiger charge is -2.55. The summed E-state index contributed by atoms with van der Waals surface area (Å²) in [5.41, 5.74) is 3.51. The number of piperidine rings is 1. The highest BCUT2D eigenvalue weighted by molar-refractivity contribution is 6.05. The molecule has 31 heavy (non-hydrogen) atoms. The van der Waals surface area contributed by atoms with Gasteiger partial charge in [0.05, 0.1) is 0 Å². The molecule has 2 aromatic carbocycles. The van der Waals surface area contributed by atoms with E-state index in [1.54, 1.807) is 0 Å². The molecule has 1 spiro atoms. The minimum Gasteiger partial charge on any atom is -0.357 e. The molecule has 1 saturated heterocycles. The summed E-state index contributed by atoms with van der Waals surface area (Å²) in [7, 11) is 0. The highest BCUT2D eigenvalue weighted by Crippen LogP contribution is 2.51. The molecule has 4 heteroatoms. The monoisotopic (exact) mass is 413 g/mol. The normalized spacial score (nSPS) is 18.6. The lowest BCUT2D eigenvalue weighted by atomic mass is 9.60. The number of hydrogen-bond acceptors (Lipinski definition) is 2. The van der Waals surface area contributed by atoms with Crippen LogP contribution in [0.2, 0.25) is 0 Å². The number of benzene rings is 2. The Hall–Kier alpha value is -2.85. The van der Waals surface area contributed by atoms with Crippen LogP contribution in [0.1, 0.15) is 41.7 Å². The van der Waals surface area contributed by atoms with Gasteiger partial charge >= 0.3 is 0 Å². The van der Waals surface area contributed by atoms with Crippen molar-refractivity contribution < 1.29 is 4.79 Å². The van der Waals surface area contributed by atoms with Crippen molar-refractivity contribution in [2.45, 2.75) is 38.1 Å². The second-order valence-corrected chi connectivity index (χ2v) is 9.23. The standard InChI is InChI=1S/C27H31N3O/c31-26(25-12-7-16-28-25)30(23-10-5-2-6-11-23)24-20-27(21-24)14-18-29(19-15-27)17-13-22-8-3-1-4-9-22/h1-12,16,24,28H,13-15,17-21H2. The third kappa shape index (κ3) is 4.31. The fourth-order valence-corrected chi connectivity index (χ4v) is 5.39. The van der Waals surface area contributed by atoms with Gasteiger partial charge in [-0.3, -0.25) is 4.79 Å². The van der Waals surface area contributed by atoms with E-state index in [0.29, 0.717) is 11.1 Å². The lowest BCUT2D eigenvalue weighted by molar-refractivity contribution is 0.0156. The van der Waals surface area contributed by atoms with Gasteiger partial charge in [0.25, 0.3) is 5.91 Å². The first-order chi connectivity index (χ1) is 15.2. The molecule has 2 heterocycles. The van der Waals surface area contributed by atoms with Crippen LogP contribution in [0.4, 0.5) is 5.69 Å². The number of aromatic nitrogens is 1. The zero-order chi connectivity index (χ0) is 21.1. The molecule has 1 aliphatic carbocycles. The SMILES string of the molecule is O=C(c1ccc[nH]1)N(c1ccccc1)C1CC2(CCN(CCc3ccccc3)CC2)C1. The highest BCUT2D eigenvalue weighted by atomic mass is 16.2. The maximum absolute atomic E-state index is 13.3. The molecule has 0 unspecified atom stereocenters. The number of nitrogens with zero attached hydrogens (tertiary/aromatic N) is 2. The molecule has 0 bridgehead atoms. The molecule has 1 aliphatic heterocycles. The molecular formula is C27H31N3O. The Balaban J connectivity index is 1.20. The number of carbonyl (C=O) groups is 1. The van der Waals surface area contributed by atoms with Gasteiger partial charge in [-0.2, -0.15) is 0 Å². The molecule has 2 aliphatic rings. The summed E-state index contributed by atoms with van der Waals surface area (Å²) in [5, 5.41) is 0. The number of carbonyl (C=O) groups excluding carboxylic acids is 1. The van der Waals surface area contributed by atoms with Crippen LogP contribution < -0.4 is 4.90 Å². The van der Waals surface area contributed by atoms with Crippen molar-refractivity contribution >= 4 is 11.6 Å². The van der Waals surface area contributed by atoms with Crippen molar-refractivity contribution in [3.63, 3.8) is 0 Å². The quantitative estimate of drug-likeness (QED) is 0.607. The zero-order valence-corrected chi connectivity index (χ0v) is 18.0. The Labute approximate surface area is 184 Å². The average Bonchev–Trinajstić information content (AvgIpc) is 3.34. The van der Waals surface area contributed by atoms with E-state index in [4.69, 9.17) is 0 Å². The third-order valence-electron chi connectivity index (χ3n) is 7.26. The summed E-state index contributed by atoms with van der Waals surface area (Å²) in [5.74, 6) is 0.0800. The molecule has 1 amide bonds. The van der Waals surface area contributed by atoms with E-state index in [9.17, 15) is 4.79 Å². The molecule has 1 N–H and O–H groups in total. The molecule has 0 radical (unpaired) electrons.